The average molecular weight is 406 g/mol. The first-order valence-corrected chi connectivity index (χ1v) is 11.0. The SMILES string of the molecule is C=C1C=C(c2ccc(OCCCCN3CCCCC3)cc2)Oc2c1ccc(O)c2C. The van der Waals surface area contributed by atoms with Crippen molar-refractivity contribution >= 4 is 11.3 Å². The summed E-state index contributed by atoms with van der Waals surface area (Å²) in [6, 6.07) is 11.5. The highest BCUT2D eigenvalue weighted by molar-refractivity contribution is 5.88. The second-order valence-corrected chi connectivity index (χ2v) is 8.20. The topological polar surface area (TPSA) is 41.9 Å². The smallest absolute Gasteiger partial charge is 0.141 e. The molecule has 0 bridgehead atoms. The van der Waals surface area contributed by atoms with E-state index in [0.717, 1.165) is 46.8 Å². The molecule has 1 fully saturated rings. The molecule has 2 aromatic carbocycles. The van der Waals surface area contributed by atoms with Gasteiger partial charge >= 0.3 is 0 Å². The van der Waals surface area contributed by atoms with Crippen LogP contribution in [0.3, 0.4) is 0 Å². The molecule has 2 aliphatic heterocycles. The lowest BCUT2D eigenvalue weighted by Gasteiger charge is -2.26. The Hall–Kier alpha value is -2.72. The first-order chi connectivity index (χ1) is 14.6. The fourth-order valence-electron chi connectivity index (χ4n) is 4.11. The minimum atomic E-state index is 0.229. The zero-order valence-corrected chi connectivity index (χ0v) is 17.8. The van der Waals surface area contributed by atoms with Gasteiger partial charge in [-0.25, -0.2) is 0 Å². The number of piperidine rings is 1. The molecule has 0 saturated carbocycles. The highest BCUT2D eigenvalue weighted by Gasteiger charge is 2.20. The summed E-state index contributed by atoms with van der Waals surface area (Å²) >= 11 is 0. The van der Waals surface area contributed by atoms with Crippen LogP contribution in [0.5, 0.6) is 17.2 Å². The van der Waals surface area contributed by atoms with Gasteiger partial charge in [-0.3, -0.25) is 0 Å². The predicted molar refractivity (Wildman–Crippen MR) is 122 cm³/mol. The Balaban J connectivity index is 1.30. The second-order valence-electron chi connectivity index (χ2n) is 8.20. The van der Waals surface area contributed by atoms with E-state index in [4.69, 9.17) is 9.47 Å². The van der Waals surface area contributed by atoms with Crippen molar-refractivity contribution in [1.82, 2.24) is 4.90 Å². The molecule has 4 heteroatoms. The third-order valence-corrected chi connectivity index (χ3v) is 5.97. The van der Waals surface area contributed by atoms with Gasteiger partial charge in [0.1, 0.15) is 23.0 Å². The number of unbranched alkanes of at least 4 members (excludes halogenated alkanes) is 1. The van der Waals surface area contributed by atoms with E-state index >= 15 is 0 Å². The number of benzene rings is 2. The highest BCUT2D eigenvalue weighted by Crippen LogP contribution is 2.41. The van der Waals surface area contributed by atoms with Crippen LogP contribution in [0.15, 0.2) is 49.1 Å². The van der Waals surface area contributed by atoms with Crippen LogP contribution in [0.2, 0.25) is 0 Å². The first kappa shape index (κ1) is 20.5. The maximum absolute atomic E-state index is 10.0. The predicted octanol–water partition coefficient (Wildman–Crippen LogP) is 5.79. The average Bonchev–Trinajstić information content (AvgIpc) is 2.77. The number of allylic oxidation sites excluding steroid dienone is 2. The van der Waals surface area contributed by atoms with E-state index in [1.165, 1.54) is 45.3 Å². The summed E-state index contributed by atoms with van der Waals surface area (Å²) in [6.45, 7) is 10.5. The number of rotatable bonds is 7. The molecule has 4 rings (SSSR count). The summed E-state index contributed by atoms with van der Waals surface area (Å²) in [5.41, 5.74) is 3.48. The third kappa shape index (κ3) is 4.71. The first-order valence-electron chi connectivity index (χ1n) is 11.0. The van der Waals surface area contributed by atoms with E-state index in [1.54, 1.807) is 6.07 Å². The van der Waals surface area contributed by atoms with Crippen molar-refractivity contribution in [3.05, 3.63) is 65.7 Å². The van der Waals surface area contributed by atoms with E-state index < -0.39 is 0 Å². The van der Waals surface area contributed by atoms with Gasteiger partial charge in [0.05, 0.1) is 6.61 Å². The molecule has 1 saturated heterocycles. The van der Waals surface area contributed by atoms with Crippen LogP contribution in [0.1, 0.15) is 48.8 Å². The quantitative estimate of drug-likeness (QED) is 0.592. The van der Waals surface area contributed by atoms with Crippen molar-refractivity contribution in [1.29, 1.82) is 0 Å². The van der Waals surface area contributed by atoms with Crippen molar-refractivity contribution in [3.63, 3.8) is 0 Å². The lowest BCUT2D eigenvalue weighted by Crippen LogP contribution is -2.30. The van der Waals surface area contributed by atoms with Gasteiger partial charge in [-0.05, 0) is 100 Å². The Bertz CT molecular complexity index is 924. The van der Waals surface area contributed by atoms with Crippen LogP contribution in [0, 0.1) is 6.92 Å². The summed E-state index contributed by atoms with van der Waals surface area (Å²) in [4.78, 5) is 2.57. The van der Waals surface area contributed by atoms with Gasteiger partial charge in [0.15, 0.2) is 0 Å². The summed E-state index contributed by atoms with van der Waals surface area (Å²) < 4.78 is 12.0. The maximum atomic E-state index is 10.0. The number of hydrogen-bond donors (Lipinski definition) is 1. The fourth-order valence-corrected chi connectivity index (χ4v) is 4.11. The van der Waals surface area contributed by atoms with Crippen molar-refractivity contribution in [2.24, 2.45) is 0 Å². The molecular formula is C26H31NO3. The van der Waals surface area contributed by atoms with Crippen LogP contribution < -0.4 is 9.47 Å². The molecule has 30 heavy (non-hydrogen) atoms. The second kappa shape index (κ2) is 9.40. The van der Waals surface area contributed by atoms with E-state index in [0.29, 0.717) is 5.75 Å². The molecule has 2 aromatic rings. The number of likely N-dealkylation sites (tertiary alicyclic amines) is 1. The van der Waals surface area contributed by atoms with Crippen LogP contribution >= 0.6 is 0 Å². The number of phenolic OH excluding ortho intramolecular Hbond substituents is 1. The minimum Gasteiger partial charge on any atom is -0.508 e. The molecule has 0 spiro atoms. The van der Waals surface area contributed by atoms with Gasteiger partial charge in [0.2, 0.25) is 0 Å². The molecule has 2 aliphatic rings. The van der Waals surface area contributed by atoms with Crippen molar-refractivity contribution in [2.45, 2.75) is 39.0 Å². The molecule has 4 nitrogen and oxygen atoms in total. The number of aromatic hydroxyl groups is 1. The largest absolute Gasteiger partial charge is 0.508 e. The van der Waals surface area contributed by atoms with E-state index in [-0.39, 0.29) is 5.75 Å². The van der Waals surface area contributed by atoms with Crippen LogP contribution in [0.4, 0.5) is 0 Å². The molecule has 0 atom stereocenters. The van der Waals surface area contributed by atoms with Gasteiger partial charge < -0.3 is 19.5 Å². The summed E-state index contributed by atoms with van der Waals surface area (Å²) in [7, 11) is 0. The standard InChI is InChI=1S/C26H31NO3/c1-19-18-25(30-26-20(2)24(28)13-12-23(19)26)21-8-10-22(11-9-21)29-17-7-6-16-27-14-4-3-5-15-27/h8-13,18,28H,1,3-7,14-17H2,2H3. The Kier molecular flexibility index (Phi) is 6.44. The lowest BCUT2D eigenvalue weighted by molar-refractivity contribution is 0.216. The van der Waals surface area contributed by atoms with Gasteiger partial charge in [-0.2, -0.15) is 0 Å². The zero-order chi connectivity index (χ0) is 20.9. The minimum absolute atomic E-state index is 0.229. The van der Waals surface area contributed by atoms with Gasteiger partial charge in [-0.1, -0.05) is 13.0 Å². The highest BCUT2D eigenvalue weighted by atomic mass is 16.5. The van der Waals surface area contributed by atoms with Crippen molar-refractivity contribution in [3.8, 4) is 17.2 Å². The Morgan fingerprint density at radius 3 is 2.57 bits per heavy atom. The third-order valence-electron chi connectivity index (χ3n) is 5.97. The molecule has 0 amide bonds. The van der Waals surface area contributed by atoms with Crippen LogP contribution in [-0.2, 0) is 0 Å². The van der Waals surface area contributed by atoms with Gasteiger partial charge in [-0.15, -0.1) is 0 Å². The molecule has 158 valence electrons. The van der Waals surface area contributed by atoms with Crippen LogP contribution in [0.25, 0.3) is 11.3 Å². The normalized spacial score (nSPS) is 16.6. The number of nitrogens with zero attached hydrogens (tertiary/aromatic N) is 1. The van der Waals surface area contributed by atoms with E-state index in [2.05, 4.69) is 11.5 Å². The molecule has 0 aromatic heterocycles. The number of hydrogen-bond acceptors (Lipinski definition) is 4. The zero-order valence-electron chi connectivity index (χ0n) is 17.8. The molecule has 1 N–H and O–H groups in total. The Labute approximate surface area is 179 Å². The number of ether oxygens (including phenoxy) is 2. The number of phenols is 1. The number of fused-ring (bicyclic) bond motifs is 1. The molecule has 0 unspecified atom stereocenters. The monoisotopic (exact) mass is 405 g/mol. The molecule has 0 radical (unpaired) electrons. The fraction of sp³-hybridized carbons (Fsp3) is 0.385. The Morgan fingerprint density at radius 1 is 1.03 bits per heavy atom. The molecular weight excluding hydrogens is 374 g/mol. The summed E-state index contributed by atoms with van der Waals surface area (Å²) in [5, 5.41) is 10.0. The van der Waals surface area contributed by atoms with Crippen molar-refractivity contribution < 1.29 is 14.6 Å². The molecule has 0 aliphatic carbocycles. The maximum Gasteiger partial charge on any atom is 0.141 e. The Morgan fingerprint density at radius 2 is 1.80 bits per heavy atom. The summed E-state index contributed by atoms with van der Waals surface area (Å²) in [6.07, 6.45) is 8.29. The van der Waals surface area contributed by atoms with Crippen molar-refractivity contribution in [2.75, 3.05) is 26.2 Å². The van der Waals surface area contributed by atoms with Gasteiger partial charge in [0, 0.05) is 16.7 Å². The van der Waals surface area contributed by atoms with E-state index in [1.807, 2.05) is 43.3 Å². The van der Waals surface area contributed by atoms with Crippen LogP contribution in [-0.4, -0.2) is 36.2 Å². The van der Waals surface area contributed by atoms with Gasteiger partial charge in [0.25, 0.3) is 0 Å². The lowest BCUT2D eigenvalue weighted by atomic mass is 9.98. The van der Waals surface area contributed by atoms with E-state index in [9.17, 15) is 5.11 Å². The summed E-state index contributed by atoms with van der Waals surface area (Å²) in [5.74, 6) is 2.51. The molecule has 2 heterocycles.